The Bertz CT molecular complexity index is 675. The van der Waals surface area contributed by atoms with Crippen molar-refractivity contribution in [1.29, 1.82) is 0 Å². The Kier molecular flexibility index (Phi) is 5.68. The molecule has 0 spiro atoms. The average Bonchev–Trinajstić information content (AvgIpc) is 3.21. The number of rotatable bonds is 7. The molecule has 0 heterocycles. The molecule has 0 aromatic heterocycles. The first kappa shape index (κ1) is 17.5. The number of halogens is 2. The van der Waals surface area contributed by atoms with E-state index in [4.69, 9.17) is 28.3 Å². The Balaban J connectivity index is 2.28. The molecule has 1 fully saturated rings. The van der Waals surface area contributed by atoms with Crippen molar-refractivity contribution in [1.82, 2.24) is 10.0 Å². The lowest BCUT2D eigenvalue weighted by atomic mass is 10.2. The molecule has 1 aliphatic rings. The van der Waals surface area contributed by atoms with Gasteiger partial charge >= 0.3 is 0 Å². The minimum absolute atomic E-state index is 0.0279. The van der Waals surface area contributed by atoms with Gasteiger partial charge in [0.1, 0.15) is 4.90 Å². The maximum absolute atomic E-state index is 12.2. The molecule has 1 amide bonds. The van der Waals surface area contributed by atoms with Gasteiger partial charge in [-0.15, -0.1) is 0 Å². The van der Waals surface area contributed by atoms with Crippen molar-refractivity contribution >= 4 is 39.1 Å². The second-order valence-electron chi connectivity index (χ2n) is 4.99. The molecule has 9 heteroatoms. The monoisotopic (exact) mass is 366 g/mol. The molecule has 1 aromatic carbocycles. The molecule has 6 nitrogen and oxygen atoms in total. The molecular weight excluding hydrogens is 351 g/mol. The summed E-state index contributed by atoms with van der Waals surface area (Å²) in [4.78, 5) is 11.9. The van der Waals surface area contributed by atoms with Crippen LogP contribution < -0.4 is 10.0 Å². The summed E-state index contributed by atoms with van der Waals surface area (Å²) in [6, 6.07) is 2.34. The SMILES string of the molecule is O=C(NCCCO)c1cc(S(=O)(=O)NC2CC2)c(Cl)cc1Cl. The number of benzene rings is 1. The Morgan fingerprint density at radius 1 is 1.27 bits per heavy atom. The van der Waals surface area contributed by atoms with Crippen molar-refractivity contribution < 1.29 is 18.3 Å². The summed E-state index contributed by atoms with van der Waals surface area (Å²) < 4.78 is 27.0. The van der Waals surface area contributed by atoms with Crippen molar-refractivity contribution in [3.05, 3.63) is 27.7 Å². The van der Waals surface area contributed by atoms with E-state index < -0.39 is 15.9 Å². The van der Waals surface area contributed by atoms with Crippen molar-refractivity contribution in [2.24, 2.45) is 0 Å². The van der Waals surface area contributed by atoms with E-state index in [1.165, 1.54) is 12.1 Å². The van der Waals surface area contributed by atoms with Gasteiger partial charge in [-0.25, -0.2) is 13.1 Å². The quantitative estimate of drug-likeness (QED) is 0.637. The number of sulfonamides is 1. The molecule has 0 aliphatic heterocycles. The summed E-state index contributed by atoms with van der Waals surface area (Å²) in [6.07, 6.45) is 1.98. The molecule has 1 saturated carbocycles. The predicted octanol–water partition coefficient (Wildman–Crippen LogP) is 1.55. The zero-order chi connectivity index (χ0) is 16.3. The zero-order valence-electron chi connectivity index (χ0n) is 11.6. The maximum atomic E-state index is 12.2. The molecule has 1 aliphatic carbocycles. The van der Waals surface area contributed by atoms with Crippen molar-refractivity contribution in [2.75, 3.05) is 13.2 Å². The number of aliphatic hydroxyl groups is 1. The third-order valence-electron chi connectivity index (χ3n) is 3.08. The summed E-state index contributed by atoms with van der Waals surface area (Å²) >= 11 is 11.9. The van der Waals surface area contributed by atoms with Crippen LogP contribution in [0.3, 0.4) is 0 Å². The van der Waals surface area contributed by atoms with Crippen LogP contribution in [0.4, 0.5) is 0 Å². The smallest absolute Gasteiger partial charge is 0.252 e. The fourth-order valence-corrected chi connectivity index (χ4v) is 3.93. The van der Waals surface area contributed by atoms with Crippen LogP contribution in [0.15, 0.2) is 17.0 Å². The van der Waals surface area contributed by atoms with Crippen LogP contribution in [0.2, 0.25) is 10.0 Å². The van der Waals surface area contributed by atoms with Gasteiger partial charge in [-0.05, 0) is 31.4 Å². The standard InChI is InChI=1S/C13H16Cl2N2O4S/c14-10-7-11(15)12(22(20,21)17-8-2-3-8)6-9(10)13(19)16-4-1-5-18/h6-8,17-18H,1-5H2,(H,16,19). The second kappa shape index (κ2) is 7.14. The molecule has 0 atom stereocenters. The Morgan fingerprint density at radius 2 is 1.95 bits per heavy atom. The Morgan fingerprint density at radius 3 is 2.55 bits per heavy atom. The highest BCUT2D eigenvalue weighted by atomic mass is 35.5. The summed E-state index contributed by atoms with van der Waals surface area (Å²) in [5, 5.41) is 11.3. The minimum atomic E-state index is -3.79. The highest BCUT2D eigenvalue weighted by Gasteiger charge is 2.30. The van der Waals surface area contributed by atoms with Gasteiger partial charge in [0, 0.05) is 19.2 Å². The molecule has 0 radical (unpaired) electrons. The van der Waals surface area contributed by atoms with Crippen LogP contribution in [-0.2, 0) is 10.0 Å². The third kappa shape index (κ3) is 4.33. The lowest BCUT2D eigenvalue weighted by Crippen LogP contribution is -2.28. The summed E-state index contributed by atoms with van der Waals surface area (Å²) in [5.74, 6) is -0.516. The first-order valence-electron chi connectivity index (χ1n) is 6.75. The van der Waals surface area contributed by atoms with Gasteiger partial charge < -0.3 is 10.4 Å². The maximum Gasteiger partial charge on any atom is 0.252 e. The van der Waals surface area contributed by atoms with Gasteiger partial charge in [0.2, 0.25) is 10.0 Å². The number of nitrogens with one attached hydrogen (secondary N) is 2. The predicted molar refractivity (Wildman–Crippen MR) is 83.8 cm³/mol. The molecular formula is C13H16Cl2N2O4S. The first-order chi connectivity index (χ1) is 10.3. The topological polar surface area (TPSA) is 95.5 Å². The van der Waals surface area contributed by atoms with Crippen molar-refractivity contribution in [2.45, 2.75) is 30.2 Å². The Hall–Kier alpha value is -0.860. The largest absolute Gasteiger partial charge is 0.396 e. The van der Waals surface area contributed by atoms with E-state index in [0.29, 0.717) is 6.42 Å². The van der Waals surface area contributed by atoms with E-state index in [9.17, 15) is 13.2 Å². The van der Waals surface area contributed by atoms with Gasteiger partial charge in [0.15, 0.2) is 0 Å². The van der Waals surface area contributed by atoms with Crippen LogP contribution in [0.5, 0.6) is 0 Å². The third-order valence-corrected chi connectivity index (χ3v) is 5.37. The van der Waals surface area contributed by atoms with Crippen LogP contribution >= 0.6 is 23.2 Å². The Labute approximate surface area is 138 Å². The first-order valence-corrected chi connectivity index (χ1v) is 8.99. The van der Waals surface area contributed by atoms with E-state index in [2.05, 4.69) is 10.0 Å². The normalized spacial score (nSPS) is 14.9. The zero-order valence-corrected chi connectivity index (χ0v) is 13.9. The fourth-order valence-electron chi connectivity index (χ4n) is 1.77. The van der Waals surface area contributed by atoms with Gasteiger partial charge in [-0.2, -0.15) is 0 Å². The lowest BCUT2D eigenvalue weighted by molar-refractivity contribution is 0.0951. The van der Waals surface area contributed by atoms with Crippen LogP contribution in [-0.4, -0.2) is 38.6 Å². The molecule has 1 aromatic rings. The number of amides is 1. The average molecular weight is 367 g/mol. The van der Waals surface area contributed by atoms with E-state index in [1.807, 2.05) is 0 Å². The molecule has 2 rings (SSSR count). The van der Waals surface area contributed by atoms with Crippen LogP contribution in [0.1, 0.15) is 29.6 Å². The van der Waals surface area contributed by atoms with Gasteiger partial charge in [-0.1, -0.05) is 23.2 Å². The molecule has 3 N–H and O–H groups in total. The fraction of sp³-hybridized carbons (Fsp3) is 0.462. The van der Waals surface area contributed by atoms with Crippen LogP contribution in [0.25, 0.3) is 0 Å². The number of hydrogen-bond donors (Lipinski definition) is 3. The van der Waals surface area contributed by atoms with Crippen molar-refractivity contribution in [3.8, 4) is 0 Å². The van der Waals surface area contributed by atoms with E-state index in [0.717, 1.165) is 12.8 Å². The second-order valence-corrected chi connectivity index (χ2v) is 7.49. The molecule has 22 heavy (non-hydrogen) atoms. The van der Waals surface area contributed by atoms with E-state index >= 15 is 0 Å². The molecule has 0 unspecified atom stereocenters. The number of carbonyl (C=O) groups excluding carboxylic acids is 1. The van der Waals surface area contributed by atoms with Crippen LogP contribution in [0, 0.1) is 0 Å². The number of carbonyl (C=O) groups is 1. The number of aliphatic hydroxyl groups excluding tert-OH is 1. The molecule has 122 valence electrons. The summed E-state index contributed by atoms with van der Waals surface area (Å²) in [7, 11) is -3.79. The van der Waals surface area contributed by atoms with Gasteiger partial charge in [0.25, 0.3) is 5.91 Å². The highest BCUT2D eigenvalue weighted by molar-refractivity contribution is 7.89. The molecule has 0 saturated heterocycles. The minimum Gasteiger partial charge on any atom is -0.396 e. The molecule has 0 bridgehead atoms. The summed E-state index contributed by atoms with van der Waals surface area (Å²) in [6.45, 7) is 0.205. The van der Waals surface area contributed by atoms with E-state index in [1.54, 1.807) is 0 Å². The van der Waals surface area contributed by atoms with Gasteiger partial charge in [0.05, 0.1) is 15.6 Å². The number of hydrogen-bond acceptors (Lipinski definition) is 4. The van der Waals surface area contributed by atoms with E-state index in [-0.39, 0.29) is 39.7 Å². The van der Waals surface area contributed by atoms with Crippen molar-refractivity contribution in [3.63, 3.8) is 0 Å². The lowest BCUT2D eigenvalue weighted by Gasteiger charge is -2.11. The highest BCUT2D eigenvalue weighted by Crippen LogP contribution is 2.30. The van der Waals surface area contributed by atoms with Gasteiger partial charge in [-0.3, -0.25) is 4.79 Å². The summed E-state index contributed by atoms with van der Waals surface area (Å²) in [5.41, 5.74) is 0.0279.